The van der Waals surface area contributed by atoms with Gasteiger partial charge in [0.15, 0.2) is 0 Å². The summed E-state index contributed by atoms with van der Waals surface area (Å²) < 4.78 is 42.6. The largest absolute Gasteiger partial charge is 0.467 e. The fourth-order valence-electron chi connectivity index (χ4n) is 2.09. The van der Waals surface area contributed by atoms with Gasteiger partial charge in [0, 0.05) is 0 Å². The summed E-state index contributed by atoms with van der Waals surface area (Å²) in [5.74, 6) is -1.08. The third-order valence-electron chi connectivity index (χ3n) is 3.29. The van der Waals surface area contributed by atoms with Gasteiger partial charge in [-0.2, -0.15) is 13.2 Å². The van der Waals surface area contributed by atoms with Gasteiger partial charge in [0.05, 0.1) is 19.1 Å². The Morgan fingerprint density at radius 2 is 2.00 bits per heavy atom. The molecule has 1 N–H and O–H groups in total. The summed E-state index contributed by atoms with van der Waals surface area (Å²) in [6.07, 6.45) is -2.69. The summed E-state index contributed by atoms with van der Waals surface area (Å²) in [5, 5.41) is 2.51. The maximum absolute atomic E-state index is 12.6. The molecule has 1 aromatic carbocycles. The van der Waals surface area contributed by atoms with E-state index in [0.717, 1.165) is 25.0 Å². The lowest BCUT2D eigenvalue weighted by Gasteiger charge is -2.16. The SMILES string of the molecule is CCCC[C@H](NC(=O)Cc1cccc(C(F)(F)F)c1)C(=O)OC. The standard InChI is InChI=1S/C16H20F3NO3/c1-3-4-8-13(15(22)23-2)20-14(21)10-11-6-5-7-12(9-11)16(17,18)19/h5-7,9,13H,3-4,8,10H2,1-2H3,(H,20,21)/t13-/m0/s1. The van der Waals surface area contributed by atoms with Crippen LogP contribution in [-0.4, -0.2) is 25.0 Å². The maximum atomic E-state index is 12.6. The van der Waals surface area contributed by atoms with Gasteiger partial charge in [-0.05, 0) is 18.1 Å². The molecule has 1 aromatic rings. The van der Waals surface area contributed by atoms with E-state index in [0.29, 0.717) is 6.42 Å². The quantitative estimate of drug-likeness (QED) is 0.781. The van der Waals surface area contributed by atoms with E-state index in [1.807, 2.05) is 6.92 Å². The zero-order chi connectivity index (χ0) is 17.5. The van der Waals surface area contributed by atoms with Crippen molar-refractivity contribution in [2.24, 2.45) is 0 Å². The van der Waals surface area contributed by atoms with Gasteiger partial charge in [-0.3, -0.25) is 4.79 Å². The van der Waals surface area contributed by atoms with Crippen LogP contribution in [0.2, 0.25) is 0 Å². The van der Waals surface area contributed by atoms with Crippen LogP contribution in [-0.2, 0) is 26.9 Å². The number of halogens is 3. The minimum atomic E-state index is -4.46. The first-order valence-electron chi connectivity index (χ1n) is 7.31. The first kappa shape index (κ1) is 19.0. The minimum absolute atomic E-state index is 0.233. The third-order valence-corrected chi connectivity index (χ3v) is 3.29. The van der Waals surface area contributed by atoms with Crippen LogP contribution in [0.1, 0.15) is 37.3 Å². The number of benzene rings is 1. The van der Waals surface area contributed by atoms with Crippen molar-refractivity contribution in [1.29, 1.82) is 0 Å². The molecule has 0 saturated carbocycles. The molecule has 0 aromatic heterocycles. The van der Waals surface area contributed by atoms with Crippen LogP contribution in [0.25, 0.3) is 0 Å². The molecule has 4 nitrogen and oxygen atoms in total. The van der Waals surface area contributed by atoms with E-state index >= 15 is 0 Å². The molecule has 7 heteroatoms. The van der Waals surface area contributed by atoms with Crippen LogP contribution in [0.5, 0.6) is 0 Å². The van der Waals surface area contributed by atoms with E-state index in [2.05, 4.69) is 10.1 Å². The molecule has 0 saturated heterocycles. The second-order valence-corrected chi connectivity index (χ2v) is 5.16. The first-order valence-corrected chi connectivity index (χ1v) is 7.31. The number of amides is 1. The Morgan fingerprint density at radius 1 is 1.30 bits per heavy atom. The van der Waals surface area contributed by atoms with Gasteiger partial charge in [-0.25, -0.2) is 4.79 Å². The van der Waals surface area contributed by atoms with E-state index in [1.54, 1.807) is 0 Å². The van der Waals surface area contributed by atoms with Gasteiger partial charge in [-0.1, -0.05) is 38.0 Å². The molecule has 0 radical (unpaired) electrons. The number of nitrogens with one attached hydrogen (secondary N) is 1. The van der Waals surface area contributed by atoms with Crippen LogP contribution >= 0.6 is 0 Å². The molecule has 0 aliphatic rings. The van der Waals surface area contributed by atoms with Gasteiger partial charge >= 0.3 is 12.1 Å². The summed E-state index contributed by atoms with van der Waals surface area (Å²) in [7, 11) is 1.22. The van der Waals surface area contributed by atoms with Crippen molar-refractivity contribution in [1.82, 2.24) is 5.32 Å². The zero-order valence-corrected chi connectivity index (χ0v) is 13.1. The van der Waals surface area contributed by atoms with Gasteiger partial charge in [0.1, 0.15) is 6.04 Å². The van der Waals surface area contributed by atoms with Crippen LogP contribution in [0.4, 0.5) is 13.2 Å². The Kier molecular flexibility index (Phi) is 7.06. The minimum Gasteiger partial charge on any atom is -0.467 e. The lowest BCUT2D eigenvalue weighted by Crippen LogP contribution is -2.42. The van der Waals surface area contributed by atoms with Gasteiger partial charge in [0.25, 0.3) is 0 Å². The highest BCUT2D eigenvalue weighted by Gasteiger charge is 2.30. The normalized spacial score (nSPS) is 12.6. The molecule has 1 atom stereocenters. The van der Waals surface area contributed by atoms with Crippen molar-refractivity contribution < 1.29 is 27.5 Å². The van der Waals surface area contributed by atoms with Gasteiger partial charge in [0.2, 0.25) is 5.91 Å². The molecular weight excluding hydrogens is 311 g/mol. The van der Waals surface area contributed by atoms with Crippen molar-refractivity contribution in [3.63, 3.8) is 0 Å². The second-order valence-electron chi connectivity index (χ2n) is 5.16. The lowest BCUT2D eigenvalue weighted by molar-refractivity contribution is -0.145. The van der Waals surface area contributed by atoms with E-state index in [-0.39, 0.29) is 12.0 Å². The summed E-state index contributed by atoms with van der Waals surface area (Å²) >= 11 is 0. The molecule has 23 heavy (non-hydrogen) atoms. The highest BCUT2D eigenvalue weighted by Crippen LogP contribution is 2.29. The number of hydrogen-bond donors (Lipinski definition) is 1. The molecule has 1 amide bonds. The van der Waals surface area contributed by atoms with Crippen molar-refractivity contribution in [3.8, 4) is 0 Å². The number of esters is 1. The van der Waals surface area contributed by atoms with E-state index in [1.165, 1.54) is 19.2 Å². The number of unbranched alkanes of at least 4 members (excludes halogenated alkanes) is 1. The summed E-state index contributed by atoms with van der Waals surface area (Å²) in [6, 6.07) is 3.78. The zero-order valence-electron chi connectivity index (χ0n) is 13.1. The number of rotatable bonds is 7. The molecule has 0 aliphatic carbocycles. The summed E-state index contributed by atoms with van der Waals surface area (Å²) in [5.41, 5.74) is -0.574. The molecular formula is C16H20F3NO3. The molecule has 0 spiro atoms. The van der Waals surface area contributed by atoms with Crippen LogP contribution in [0.3, 0.4) is 0 Å². The van der Waals surface area contributed by atoms with Crippen LogP contribution in [0, 0.1) is 0 Å². The lowest BCUT2D eigenvalue weighted by atomic mass is 10.1. The van der Waals surface area contributed by atoms with Gasteiger partial charge < -0.3 is 10.1 Å². The number of alkyl halides is 3. The number of carbonyl (C=O) groups excluding carboxylic acids is 2. The van der Waals surface area contributed by atoms with Crippen molar-refractivity contribution in [3.05, 3.63) is 35.4 Å². The van der Waals surface area contributed by atoms with Crippen molar-refractivity contribution in [2.45, 2.75) is 44.8 Å². The fraction of sp³-hybridized carbons (Fsp3) is 0.500. The number of carbonyl (C=O) groups is 2. The van der Waals surface area contributed by atoms with E-state index in [9.17, 15) is 22.8 Å². The Balaban J connectivity index is 2.72. The predicted octanol–water partition coefficient (Wildman–Crippen LogP) is 3.10. The molecule has 0 bridgehead atoms. The number of methoxy groups -OCH3 is 1. The average molecular weight is 331 g/mol. The number of hydrogen-bond acceptors (Lipinski definition) is 3. The molecule has 0 fully saturated rings. The highest BCUT2D eigenvalue weighted by molar-refractivity contribution is 5.85. The maximum Gasteiger partial charge on any atom is 0.416 e. The monoisotopic (exact) mass is 331 g/mol. The fourth-order valence-corrected chi connectivity index (χ4v) is 2.09. The van der Waals surface area contributed by atoms with Crippen molar-refractivity contribution >= 4 is 11.9 Å². The van der Waals surface area contributed by atoms with Crippen molar-refractivity contribution in [2.75, 3.05) is 7.11 Å². The molecule has 0 heterocycles. The van der Waals surface area contributed by atoms with Gasteiger partial charge in [-0.15, -0.1) is 0 Å². The Bertz CT molecular complexity index is 544. The third kappa shape index (κ3) is 6.30. The molecule has 1 rings (SSSR count). The summed E-state index contributed by atoms with van der Waals surface area (Å²) in [4.78, 5) is 23.6. The average Bonchev–Trinajstić information content (AvgIpc) is 2.50. The molecule has 128 valence electrons. The van der Waals surface area contributed by atoms with Crippen LogP contribution < -0.4 is 5.32 Å². The topological polar surface area (TPSA) is 55.4 Å². The molecule has 0 unspecified atom stereocenters. The number of ether oxygens (including phenoxy) is 1. The summed E-state index contributed by atoms with van der Waals surface area (Å²) in [6.45, 7) is 1.94. The smallest absolute Gasteiger partial charge is 0.416 e. The molecule has 0 aliphatic heterocycles. The van der Waals surface area contributed by atoms with E-state index in [4.69, 9.17) is 0 Å². The Hall–Kier alpha value is -2.05. The Labute approximate surface area is 133 Å². The Morgan fingerprint density at radius 3 is 2.57 bits per heavy atom. The first-order chi connectivity index (χ1) is 10.8. The predicted molar refractivity (Wildman–Crippen MR) is 78.6 cm³/mol. The highest BCUT2D eigenvalue weighted by atomic mass is 19.4. The van der Waals surface area contributed by atoms with Crippen LogP contribution in [0.15, 0.2) is 24.3 Å². The van der Waals surface area contributed by atoms with E-state index < -0.39 is 29.7 Å². The second kappa shape index (κ2) is 8.55.